The van der Waals surface area contributed by atoms with Gasteiger partial charge >= 0.3 is 0 Å². The van der Waals surface area contributed by atoms with Crippen LogP contribution in [-0.2, 0) is 0 Å². The van der Waals surface area contributed by atoms with Gasteiger partial charge in [0.25, 0.3) is 0 Å². The summed E-state index contributed by atoms with van der Waals surface area (Å²) >= 11 is 8.38. The van der Waals surface area contributed by atoms with Crippen molar-refractivity contribution in [2.45, 2.75) is 13.3 Å². The molecule has 84 valence electrons. The molecule has 0 aliphatic carbocycles. The van der Waals surface area contributed by atoms with Gasteiger partial charge in [-0.3, -0.25) is 0 Å². The Morgan fingerprint density at radius 1 is 1.50 bits per heavy atom. The van der Waals surface area contributed by atoms with Crippen molar-refractivity contribution in [2.75, 3.05) is 6.54 Å². The van der Waals surface area contributed by atoms with Crippen molar-refractivity contribution < 1.29 is 0 Å². The predicted molar refractivity (Wildman–Crippen MR) is 73.5 cm³/mol. The van der Waals surface area contributed by atoms with E-state index in [9.17, 15) is 0 Å². The van der Waals surface area contributed by atoms with Gasteiger partial charge in [-0.2, -0.15) is 5.10 Å². The Kier molecular flexibility index (Phi) is 3.25. The predicted octanol–water partition coefficient (Wildman–Crippen LogP) is 2.41. The largest absolute Gasteiger partial charge is 0.375 e. The molecule has 0 spiro atoms. The molecule has 1 aliphatic rings. The van der Waals surface area contributed by atoms with Crippen molar-refractivity contribution in [1.82, 2.24) is 5.01 Å². The fourth-order valence-electron chi connectivity index (χ4n) is 1.72. The van der Waals surface area contributed by atoms with Crippen molar-refractivity contribution in [1.29, 1.82) is 0 Å². The molecule has 0 atom stereocenters. The van der Waals surface area contributed by atoms with Crippen LogP contribution >= 0.6 is 28.1 Å². The maximum absolute atomic E-state index is 5.54. The van der Waals surface area contributed by atoms with Crippen LogP contribution in [0.3, 0.4) is 0 Å². The topological polar surface area (TPSA) is 41.6 Å². The van der Waals surface area contributed by atoms with E-state index < -0.39 is 0 Å². The third-order valence-corrected chi connectivity index (χ3v) is 3.10. The van der Waals surface area contributed by atoms with Gasteiger partial charge in [-0.1, -0.05) is 22.0 Å². The number of nitrogens with zero attached hydrogens (tertiary/aromatic N) is 2. The minimum atomic E-state index is 0.335. The third kappa shape index (κ3) is 2.41. The van der Waals surface area contributed by atoms with Crippen LogP contribution in [0.15, 0.2) is 27.8 Å². The molecule has 2 rings (SSSR count). The van der Waals surface area contributed by atoms with Gasteiger partial charge in [0.2, 0.25) is 0 Å². The first-order valence-electron chi connectivity index (χ1n) is 4.98. The summed E-state index contributed by atoms with van der Waals surface area (Å²) in [5.41, 5.74) is 8.92. The van der Waals surface area contributed by atoms with Gasteiger partial charge in [-0.05, 0) is 42.4 Å². The van der Waals surface area contributed by atoms with Crippen LogP contribution in [0, 0.1) is 6.92 Å². The van der Waals surface area contributed by atoms with Crippen molar-refractivity contribution in [3.05, 3.63) is 33.8 Å². The second-order valence-electron chi connectivity index (χ2n) is 3.78. The second kappa shape index (κ2) is 4.51. The summed E-state index contributed by atoms with van der Waals surface area (Å²) in [6.45, 7) is 2.84. The summed E-state index contributed by atoms with van der Waals surface area (Å²) in [5.74, 6) is 0. The molecule has 0 saturated carbocycles. The molecule has 0 bridgehead atoms. The Morgan fingerprint density at radius 2 is 2.25 bits per heavy atom. The van der Waals surface area contributed by atoms with Gasteiger partial charge in [0.05, 0.1) is 5.71 Å². The first-order valence-corrected chi connectivity index (χ1v) is 6.18. The average molecular weight is 298 g/mol. The summed E-state index contributed by atoms with van der Waals surface area (Å²) < 4.78 is 1.07. The van der Waals surface area contributed by atoms with Crippen molar-refractivity contribution >= 4 is 39.0 Å². The Hall–Kier alpha value is -0.940. The summed E-state index contributed by atoms with van der Waals surface area (Å²) in [5, 5.41) is 6.41. The van der Waals surface area contributed by atoms with E-state index in [1.54, 1.807) is 5.01 Å². The maximum Gasteiger partial charge on any atom is 0.186 e. The number of hydrazone groups is 1. The summed E-state index contributed by atoms with van der Waals surface area (Å²) in [6, 6.07) is 6.26. The molecule has 1 heterocycles. The standard InChI is InChI=1S/C11H12BrN3S/c1-7-4-8(6-9(12)5-7)10-2-3-15(14-10)11(13)16/h4-6H,2-3H2,1H3,(H2,13,16). The number of nitrogens with two attached hydrogens (primary N) is 1. The summed E-state index contributed by atoms with van der Waals surface area (Å²) in [4.78, 5) is 0. The number of aryl methyl sites for hydroxylation is 1. The Bertz CT molecular complexity index is 450. The monoisotopic (exact) mass is 297 g/mol. The molecule has 5 heteroatoms. The normalized spacial score (nSPS) is 15.1. The molecular weight excluding hydrogens is 286 g/mol. The van der Waals surface area contributed by atoms with Crippen LogP contribution in [0.1, 0.15) is 17.5 Å². The molecule has 0 fully saturated rings. The second-order valence-corrected chi connectivity index (χ2v) is 5.11. The molecule has 3 nitrogen and oxygen atoms in total. The van der Waals surface area contributed by atoms with E-state index in [0.29, 0.717) is 5.11 Å². The Balaban J connectivity index is 2.32. The highest BCUT2D eigenvalue weighted by atomic mass is 79.9. The average Bonchev–Trinajstić information content (AvgIpc) is 2.64. The lowest BCUT2D eigenvalue weighted by molar-refractivity contribution is 0.495. The third-order valence-electron chi connectivity index (χ3n) is 2.43. The SMILES string of the molecule is Cc1cc(Br)cc(C2=NN(C(N)=S)CC2)c1. The molecule has 0 amide bonds. The van der Waals surface area contributed by atoms with Gasteiger partial charge in [0, 0.05) is 17.4 Å². The highest BCUT2D eigenvalue weighted by Gasteiger charge is 2.17. The van der Waals surface area contributed by atoms with E-state index in [0.717, 1.165) is 28.7 Å². The van der Waals surface area contributed by atoms with Gasteiger partial charge in [0.1, 0.15) is 0 Å². The molecule has 0 radical (unpaired) electrons. The Morgan fingerprint density at radius 3 is 2.81 bits per heavy atom. The zero-order chi connectivity index (χ0) is 11.7. The van der Waals surface area contributed by atoms with Gasteiger partial charge in [-0.25, -0.2) is 5.01 Å². The molecule has 1 aromatic rings. The van der Waals surface area contributed by atoms with E-state index in [-0.39, 0.29) is 0 Å². The molecule has 16 heavy (non-hydrogen) atoms. The molecule has 1 aliphatic heterocycles. The fourth-order valence-corrected chi connectivity index (χ4v) is 2.46. The van der Waals surface area contributed by atoms with Gasteiger partial charge in [0.15, 0.2) is 5.11 Å². The van der Waals surface area contributed by atoms with Crippen molar-refractivity contribution in [3.8, 4) is 0 Å². The Labute approximate surface area is 108 Å². The highest BCUT2D eigenvalue weighted by Crippen LogP contribution is 2.19. The van der Waals surface area contributed by atoms with E-state index in [1.807, 2.05) is 0 Å². The van der Waals surface area contributed by atoms with E-state index in [4.69, 9.17) is 18.0 Å². The number of halogens is 1. The number of hydrogen-bond acceptors (Lipinski definition) is 2. The number of thiocarbonyl (C=S) groups is 1. The first kappa shape index (κ1) is 11.5. The van der Waals surface area contributed by atoms with E-state index >= 15 is 0 Å². The number of benzene rings is 1. The first-order chi connectivity index (χ1) is 7.56. The zero-order valence-corrected chi connectivity index (χ0v) is 11.3. The highest BCUT2D eigenvalue weighted by molar-refractivity contribution is 9.10. The van der Waals surface area contributed by atoms with Crippen molar-refractivity contribution in [3.63, 3.8) is 0 Å². The van der Waals surface area contributed by atoms with Crippen molar-refractivity contribution in [2.24, 2.45) is 10.8 Å². The molecule has 0 unspecified atom stereocenters. The van der Waals surface area contributed by atoms with Crippen LogP contribution in [0.4, 0.5) is 0 Å². The minimum Gasteiger partial charge on any atom is -0.375 e. The summed E-state index contributed by atoms with van der Waals surface area (Å²) in [7, 11) is 0. The van der Waals surface area contributed by atoms with E-state index in [2.05, 4.69) is 46.2 Å². The molecule has 2 N–H and O–H groups in total. The molecular formula is C11H12BrN3S. The smallest absolute Gasteiger partial charge is 0.186 e. The van der Waals surface area contributed by atoms with Crippen LogP contribution in [-0.4, -0.2) is 22.4 Å². The van der Waals surface area contributed by atoms with E-state index in [1.165, 1.54) is 5.56 Å². The molecule has 1 aromatic carbocycles. The zero-order valence-electron chi connectivity index (χ0n) is 8.90. The molecule has 0 aromatic heterocycles. The maximum atomic E-state index is 5.54. The minimum absolute atomic E-state index is 0.335. The van der Waals surface area contributed by atoms with Crippen LogP contribution < -0.4 is 5.73 Å². The lowest BCUT2D eigenvalue weighted by Crippen LogP contribution is -2.28. The van der Waals surface area contributed by atoms with Crippen LogP contribution in [0.25, 0.3) is 0 Å². The number of rotatable bonds is 1. The number of hydrogen-bond donors (Lipinski definition) is 1. The van der Waals surface area contributed by atoms with Gasteiger partial charge < -0.3 is 5.73 Å². The van der Waals surface area contributed by atoms with Crippen LogP contribution in [0.5, 0.6) is 0 Å². The quantitative estimate of drug-likeness (QED) is 0.810. The lowest BCUT2D eigenvalue weighted by Gasteiger charge is -2.08. The fraction of sp³-hybridized carbons (Fsp3) is 0.273. The van der Waals surface area contributed by atoms with Gasteiger partial charge in [-0.15, -0.1) is 0 Å². The summed E-state index contributed by atoms with van der Waals surface area (Å²) in [6.07, 6.45) is 0.882. The van der Waals surface area contributed by atoms with Crippen LogP contribution in [0.2, 0.25) is 0 Å². The molecule has 0 saturated heterocycles. The lowest BCUT2D eigenvalue weighted by atomic mass is 10.1.